The minimum absolute atomic E-state index is 0.0479. The van der Waals surface area contributed by atoms with Gasteiger partial charge in [-0.05, 0) is 80.0 Å². The van der Waals surface area contributed by atoms with Crippen molar-refractivity contribution in [1.29, 1.82) is 0 Å². The predicted octanol–water partition coefficient (Wildman–Crippen LogP) is 5.31. The van der Waals surface area contributed by atoms with Crippen LogP contribution in [0.2, 0.25) is 0 Å². The third-order valence-corrected chi connectivity index (χ3v) is 11.4. The molecule has 0 aromatic heterocycles. The molecule has 0 aliphatic heterocycles. The Morgan fingerprint density at radius 2 is 1.85 bits per heavy atom. The van der Waals surface area contributed by atoms with Crippen LogP contribution >= 0.6 is 0 Å². The van der Waals surface area contributed by atoms with Crippen molar-refractivity contribution in [1.82, 2.24) is 0 Å². The van der Waals surface area contributed by atoms with Crippen LogP contribution in [-0.4, -0.2) is 39.3 Å². The molecular weight excluding hydrogens is 428 g/mol. The van der Waals surface area contributed by atoms with Crippen LogP contribution in [-0.2, 0) is 9.59 Å². The van der Waals surface area contributed by atoms with Crippen LogP contribution in [0.15, 0.2) is 23.8 Å². The van der Waals surface area contributed by atoms with E-state index >= 15 is 0 Å². The van der Waals surface area contributed by atoms with Gasteiger partial charge in [0.1, 0.15) is 5.60 Å². The second-order valence-electron chi connectivity index (χ2n) is 13.3. The van der Waals surface area contributed by atoms with Gasteiger partial charge < -0.3 is 15.3 Å². The smallest absolute Gasteiger partial charge is 0.303 e. The van der Waals surface area contributed by atoms with Gasteiger partial charge in [0.25, 0.3) is 0 Å². The largest absolute Gasteiger partial charge is 0.481 e. The van der Waals surface area contributed by atoms with E-state index in [1.54, 1.807) is 0 Å². The maximum absolute atomic E-state index is 13.6. The van der Waals surface area contributed by atoms with E-state index < -0.39 is 11.6 Å². The highest BCUT2D eigenvalue weighted by Crippen LogP contribution is 2.72. The fourth-order valence-electron chi connectivity index (χ4n) is 9.02. The quantitative estimate of drug-likeness (QED) is 0.472. The molecule has 0 saturated heterocycles. The molecule has 4 aliphatic rings. The first-order valence-electron chi connectivity index (χ1n) is 13.1. The zero-order valence-corrected chi connectivity index (χ0v) is 21.7. The summed E-state index contributed by atoms with van der Waals surface area (Å²) < 4.78 is 0. The Kier molecular flexibility index (Phi) is 6.05. The molecule has 0 amide bonds. The lowest BCUT2D eigenvalue weighted by Crippen LogP contribution is -2.65. The molecule has 4 rings (SSSR count). The standard InChI is InChI=1S/C29H44O5/c1-18(2)19-9-12-27(5)22(26(19,4)11-10-24(32)33)8-7-20-21-15-25(3,17-30)13-14-29(21,34)23(31)16-28(20,27)6/h7,19,21-22,30,34H,1,8-17H2,2-6H3,(H,32,33)/t19?,21-,22+,25+,26-,27+,28+,29+/m0/s1. The maximum atomic E-state index is 13.6. The van der Waals surface area contributed by atoms with Crippen LogP contribution in [0.25, 0.3) is 0 Å². The number of hydrogen-bond donors (Lipinski definition) is 3. The topological polar surface area (TPSA) is 94.8 Å². The van der Waals surface area contributed by atoms with E-state index in [4.69, 9.17) is 0 Å². The molecule has 3 N–H and O–H groups in total. The van der Waals surface area contributed by atoms with Crippen molar-refractivity contribution in [2.75, 3.05) is 6.61 Å². The van der Waals surface area contributed by atoms with E-state index in [1.807, 2.05) is 0 Å². The highest BCUT2D eigenvalue weighted by atomic mass is 16.4. The average Bonchev–Trinajstić information content (AvgIpc) is 2.75. The molecule has 0 spiro atoms. The zero-order chi connectivity index (χ0) is 25.3. The number of aliphatic carboxylic acids is 1. The molecule has 0 bridgehead atoms. The van der Waals surface area contributed by atoms with E-state index in [0.29, 0.717) is 32.1 Å². The van der Waals surface area contributed by atoms with Gasteiger partial charge >= 0.3 is 5.97 Å². The highest BCUT2D eigenvalue weighted by molar-refractivity contribution is 5.91. The molecule has 5 nitrogen and oxygen atoms in total. The number of carbonyl (C=O) groups is 2. The Labute approximate surface area is 204 Å². The minimum atomic E-state index is -1.33. The van der Waals surface area contributed by atoms with E-state index in [-0.39, 0.29) is 58.2 Å². The van der Waals surface area contributed by atoms with Gasteiger partial charge in [-0.15, -0.1) is 0 Å². The summed E-state index contributed by atoms with van der Waals surface area (Å²) in [4.78, 5) is 25.2. The number of allylic oxidation sites excluding steroid dienone is 2. The molecule has 3 saturated carbocycles. The first kappa shape index (κ1) is 25.6. The van der Waals surface area contributed by atoms with Crippen LogP contribution in [0.5, 0.6) is 0 Å². The lowest BCUT2D eigenvalue weighted by atomic mass is 9.36. The molecule has 8 atom stereocenters. The zero-order valence-electron chi connectivity index (χ0n) is 21.7. The molecule has 3 fully saturated rings. The summed E-state index contributed by atoms with van der Waals surface area (Å²) in [6.07, 6.45) is 7.80. The molecule has 0 heterocycles. The fourth-order valence-corrected chi connectivity index (χ4v) is 9.02. The minimum Gasteiger partial charge on any atom is -0.481 e. The number of ketones is 1. The first-order chi connectivity index (χ1) is 15.7. The van der Waals surface area contributed by atoms with Gasteiger partial charge in [-0.25, -0.2) is 0 Å². The van der Waals surface area contributed by atoms with E-state index in [2.05, 4.69) is 47.3 Å². The fraction of sp³-hybridized carbons (Fsp3) is 0.793. The van der Waals surface area contributed by atoms with Gasteiger partial charge in [0.05, 0.1) is 0 Å². The van der Waals surface area contributed by atoms with Crippen molar-refractivity contribution >= 4 is 11.8 Å². The van der Waals surface area contributed by atoms with Crippen molar-refractivity contribution in [2.24, 2.45) is 39.4 Å². The monoisotopic (exact) mass is 472 g/mol. The SMILES string of the molecule is C=C(C)C1CC[C@]2(C)[C@H](CC=C3[C@@H]4C[C@](C)(CO)CC[C@]4(O)C(=O)C[C@]32C)[C@@]1(C)CCC(=O)O. The summed E-state index contributed by atoms with van der Waals surface area (Å²) in [7, 11) is 0. The number of aliphatic hydroxyl groups is 2. The van der Waals surface area contributed by atoms with Gasteiger partial charge in [-0.1, -0.05) is 51.5 Å². The molecular formula is C29H44O5. The number of carbonyl (C=O) groups excluding carboxylic acids is 1. The lowest BCUT2D eigenvalue weighted by molar-refractivity contribution is -0.179. The van der Waals surface area contributed by atoms with Gasteiger partial charge in [0.2, 0.25) is 0 Å². The molecule has 0 aromatic carbocycles. The van der Waals surface area contributed by atoms with Gasteiger partial charge in [-0.2, -0.15) is 0 Å². The summed E-state index contributed by atoms with van der Waals surface area (Å²) in [6, 6.07) is 0. The number of aliphatic hydroxyl groups excluding tert-OH is 1. The number of hydrogen-bond acceptors (Lipinski definition) is 4. The van der Waals surface area contributed by atoms with Crippen LogP contribution in [0.3, 0.4) is 0 Å². The van der Waals surface area contributed by atoms with Gasteiger partial charge in [-0.3, -0.25) is 9.59 Å². The Hall–Kier alpha value is -1.46. The summed E-state index contributed by atoms with van der Waals surface area (Å²) in [5.74, 6) is -0.585. The summed E-state index contributed by atoms with van der Waals surface area (Å²) >= 11 is 0. The summed E-state index contributed by atoms with van der Waals surface area (Å²) in [5.41, 5.74) is -0.0721. The number of Topliss-reactive ketones (excluding diaryl/α,β-unsaturated/α-hetero) is 1. The third-order valence-electron chi connectivity index (χ3n) is 11.4. The number of fused-ring (bicyclic) bond motifs is 5. The molecule has 0 aromatic rings. The second-order valence-corrected chi connectivity index (χ2v) is 13.3. The lowest BCUT2D eigenvalue weighted by Gasteiger charge is -2.68. The van der Waals surface area contributed by atoms with Crippen molar-refractivity contribution in [3.05, 3.63) is 23.8 Å². The van der Waals surface area contributed by atoms with Gasteiger partial charge in [0.15, 0.2) is 5.78 Å². The number of rotatable bonds is 5. The molecule has 34 heavy (non-hydrogen) atoms. The van der Waals surface area contributed by atoms with Crippen molar-refractivity contribution in [3.63, 3.8) is 0 Å². The maximum Gasteiger partial charge on any atom is 0.303 e. The second kappa shape index (κ2) is 8.03. The number of carboxylic acid groups (broad SMARTS) is 1. The van der Waals surface area contributed by atoms with E-state index in [9.17, 15) is 24.9 Å². The molecule has 190 valence electrons. The van der Waals surface area contributed by atoms with Crippen LogP contribution in [0.4, 0.5) is 0 Å². The Morgan fingerprint density at radius 1 is 1.18 bits per heavy atom. The Morgan fingerprint density at radius 3 is 2.44 bits per heavy atom. The Bertz CT molecular complexity index is 937. The Balaban J connectivity index is 1.82. The average molecular weight is 473 g/mol. The predicted molar refractivity (Wildman–Crippen MR) is 132 cm³/mol. The van der Waals surface area contributed by atoms with Gasteiger partial charge in [0, 0.05) is 30.8 Å². The molecule has 0 radical (unpaired) electrons. The van der Waals surface area contributed by atoms with E-state index in [0.717, 1.165) is 24.8 Å². The first-order valence-corrected chi connectivity index (χ1v) is 13.1. The number of carboxylic acids is 1. The normalized spacial score (nSPS) is 48.3. The van der Waals surface area contributed by atoms with Crippen molar-refractivity contribution in [2.45, 2.75) is 98.0 Å². The van der Waals surface area contributed by atoms with Crippen molar-refractivity contribution in [3.8, 4) is 0 Å². The summed E-state index contributed by atoms with van der Waals surface area (Å²) in [5, 5.41) is 31.3. The summed E-state index contributed by atoms with van der Waals surface area (Å²) in [6.45, 7) is 15.3. The van der Waals surface area contributed by atoms with Crippen molar-refractivity contribution < 1.29 is 24.9 Å². The van der Waals surface area contributed by atoms with Crippen LogP contribution in [0, 0.1) is 39.4 Å². The highest BCUT2D eigenvalue weighted by Gasteiger charge is 2.68. The van der Waals surface area contributed by atoms with E-state index in [1.165, 1.54) is 5.57 Å². The van der Waals surface area contributed by atoms with Crippen LogP contribution in [0.1, 0.15) is 92.4 Å². The third kappa shape index (κ3) is 3.40. The molecule has 5 heteroatoms. The van der Waals surface area contributed by atoms with Crippen LogP contribution < -0.4 is 0 Å². The molecule has 4 aliphatic carbocycles. The molecule has 1 unspecified atom stereocenters.